The van der Waals surface area contributed by atoms with Crippen LogP contribution in [0.3, 0.4) is 0 Å². The topological polar surface area (TPSA) is 12.0 Å². The van der Waals surface area contributed by atoms with Crippen molar-refractivity contribution in [3.8, 4) is 11.1 Å². The van der Waals surface area contributed by atoms with E-state index in [9.17, 15) is 0 Å². The Kier molecular flexibility index (Phi) is 4.84. The highest BCUT2D eigenvalue weighted by molar-refractivity contribution is 5.76. The molecule has 0 aliphatic carbocycles. The largest absolute Gasteiger partial charge is 0.310 e. The van der Waals surface area contributed by atoms with Crippen molar-refractivity contribution >= 4 is 0 Å². The quantitative estimate of drug-likeness (QED) is 0.823. The molecule has 2 aromatic rings. The molecule has 0 bridgehead atoms. The smallest absolute Gasteiger partial charge is 0.0214 e. The Balaban J connectivity index is 2.57. The van der Waals surface area contributed by atoms with E-state index >= 15 is 0 Å². The SMILES string of the molecule is Cc1cc(C)c(C)c(-c2ccccc2CNC(C)C)c1C. The Bertz CT molecular complexity index is 612. The Morgan fingerprint density at radius 3 is 2.05 bits per heavy atom. The van der Waals surface area contributed by atoms with Crippen LogP contribution in [0.1, 0.15) is 41.7 Å². The Morgan fingerprint density at radius 1 is 0.905 bits per heavy atom. The fourth-order valence-electron chi connectivity index (χ4n) is 2.85. The summed E-state index contributed by atoms with van der Waals surface area (Å²) in [7, 11) is 0. The Morgan fingerprint density at radius 2 is 1.48 bits per heavy atom. The summed E-state index contributed by atoms with van der Waals surface area (Å²) in [4.78, 5) is 0. The first-order valence-electron chi connectivity index (χ1n) is 7.81. The molecule has 112 valence electrons. The highest BCUT2D eigenvalue weighted by Gasteiger charge is 2.13. The second-order valence-electron chi connectivity index (χ2n) is 6.33. The molecule has 2 rings (SSSR count). The number of aryl methyl sites for hydroxylation is 2. The summed E-state index contributed by atoms with van der Waals surface area (Å²) >= 11 is 0. The van der Waals surface area contributed by atoms with Crippen LogP contribution in [0.15, 0.2) is 30.3 Å². The summed E-state index contributed by atoms with van der Waals surface area (Å²) < 4.78 is 0. The van der Waals surface area contributed by atoms with Crippen molar-refractivity contribution in [1.82, 2.24) is 5.32 Å². The molecule has 0 amide bonds. The Labute approximate surface area is 129 Å². The average Bonchev–Trinajstić information content (AvgIpc) is 2.44. The number of hydrogen-bond donors (Lipinski definition) is 1. The van der Waals surface area contributed by atoms with Gasteiger partial charge in [0.25, 0.3) is 0 Å². The predicted molar refractivity (Wildman–Crippen MR) is 92.8 cm³/mol. The van der Waals surface area contributed by atoms with Gasteiger partial charge in [-0.05, 0) is 66.6 Å². The molecule has 1 heteroatoms. The molecule has 0 saturated heterocycles. The van der Waals surface area contributed by atoms with E-state index in [2.05, 4.69) is 77.2 Å². The zero-order chi connectivity index (χ0) is 15.6. The number of nitrogens with one attached hydrogen (secondary N) is 1. The minimum absolute atomic E-state index is 0.500. The van der Waals surface area contributed by atoms with Crippen molar-refractivity contribution in [2.75, 3.05) is 0 Å². The molecule has 0 atom stereocenters. The summed E-state index contributed by atoms with van der Waals surface area (Å²) in [5, 5.41) is 3.54. The van der Waals surface area contributed by atoms with E-state index in [4.69, 9.17) is 0 Å². The molecule has 0 aliphatic rings. The molecular weight excluding hydrogens is 254 g/mol. The molecule has 1 nitrogen and oxygen atoms in total. The van der Waals surface area contributed by atoms with E-state index in [1.807, 2.05) is 0 Å². The van der Waals surface area contributed by atoms with Gasteiger partial charge in [0.15, 0.2) is 0 Å². The maximum Gasteiger partial charge on any atom is 0.0214 e. The first-order valence-corrected chi connectivity index (χ1v) is 7.81. The van der Waals surface area contributed by atoms with Crippen LogP contribution < -0.4 is 5.32 Å². The summed E-state index contributed by atoms with van der Waals surface area (Å²) in [6, 6.07) is 11.6. The third-order valence-corrected chi connectivity index (χ3v) is 4.35. The van der Waals surface area contributed by atoms with Gasteiger partial charge in [-0.2, -0.15) is 0 Å². The van der Waals surface area contributed by atoms with Crippen LogP contribution in [-0.2, 0) is 6.54 Å². The fourth-order valence-corrected chi connectivity index (χ4v) is 2.85. The first-order chi connectivity index (χ1) is 9.91. The van der Waals surface area contributed by atoms with Crippen LogP contribution >= 0.6 is 0 Å². The monoisotopic (exact) mass is 281 g/mol. The fraction of sp³-hybridized carbons (Fsp3) is 0.400. The van der Waals surface area contributed by atoms with Crippen molar-refractivity contribution in [3.05, 3.63) is 58.1 Å². The number of hydrogen-bond acceptors (Lipinski definition) is 1. The highest BCUT2D eigenvalue weighted by Crippen LogP contribution is 2.33. The molecule has 0 fully saturated rings. The Hall–Kier alpha value is -1.60. The van der Waals surface area contributed by atoms with Crippen molar-refractivity contribution < 1.29 is 0 Å². The maximum atomic E-state index is 3.54. The third kappa shape index (κ3) is 3.36. The minimum Gasteiger partial charge on any atom is -0.310 e. The van der Waals surface area contributed by atoms with E-state index < -0.39 is 0 Å². The summed E-state index contributed by atoms with van der Waals surface area (Å²) in [5.41, 5.74) is 9.70. The van der Waals surface area contributed by atoms with E-state index in [0.717, 1.165) is 6.54 Å². The standard InChI is InChI=1S/C20H27N/c1-13(2)21-12-18-9-7-8-10-19(18)20-16(5)14(3)11-15(4)17(20)6/h7-11,13,21H,12H2,1-6H3. The molecule has 2 aromatic carbocycles. The molecule has 0 radical (unpaired) electrons. The lowest BCUT2D eigenvalue weighted by atomic mass is 9.87. The summed E-state index contributed by atoms with van der Waals surface area (Å²) in [6.07, 6.45) is 0. The first kappa shape index (κ1) is 15.8. The molecule has 0 spiro atoms. The molecule has 0 aromatic heterocycles. The van der Waals surface area contributed by atoms with E-state index in [1.54, 1.807) is 0 Å². The zero-order valence-electron chi connectivity index (χ0n) is 14.2. The van der Waals surface area contributed by atoms with Gasteiger partial charge in [0.2, 0.25) is 0 Å². The van der Waals surface area contributed by atoms with E-state index in [1.165, 1.54) is 38.9 Å². The van der Waals surface area contributed by atoms with E-state index in [-0.39, 0.29) is 0 Å². The second kappa shape index (κ2) is 6.44. The van der Waals surface area contributed by atoms with Crippen LogP contribution in [0.4, 0.5) is 0 Å². The van der Waals surface area contributed by atoms with Gasteiger partial charge < -0.3 is 5.32 Å². The normalized spacial score (nSPS) is 11.2. The van der Waals surface area contributed by atoms with Crippen LogP contribution in [0.5, 0.6) is 0 Å². The van der Waals surface area contributed by atoms with Crippen LogP contribution in [0, 0.1) is 27.7 Å². The molecule has 0 heterocycles. The molecule has 0 saturated carbocycles. The van der Waals surface area contributed by atoms with Gasteiger partial charge >= 0.3 is 0 Å². The molecule has 0 unspecified atom stereocenters. The third-order valence-electron chi connectivity index (χ3n) is 4.35. The second-order valence-corrected chi connectivity index (χ2v) is 6.33. The molecule has 0 aliphatic heterocycles. The average molecular weight is 281 g/mol. The van der Waals surface area contributed by atoms with Gasteiger partial charge in [0, 0.05) is 12.6 Å². The summed E-state index contributed by atoms with van der Waals surface area (Å²) in [5.74, 6) is 0. The van der Waals surface area contributed by atoms with Gasteiger partial charge in [-0.25, -0.2) is 0 Å². The van der Waals surface area contributed by atoms with Crippen molar-refractivity contribution in [1.29, 1.82) is 0 Å². The van der Waals surface area contributed by atoms with Crippen LogP contribution in [-0.4, -0.2) is 6.04 Å². The lowest BCUT2D eigenvalue weighted by molar-refractivity contribution is 0.589. The van der Waals surface area contributed by atoms with Gasteiger partial charge in [-0.15, -0.1) is 0 Å². The number of benzene rings is 2. The van der Waals surface area contributed by atoms with Gasteiger partial charge in [-0.1, -0.05) is 44.2 Å². The summed E-state index contributed by atoms with van der Waals surface area (Å²) in [6.45, 7) is 14.2. The van der Waals surface area contributed by atoms with Gasteiger partial charge in [0.1, 0.15) is 0 Å². The van der Waals surface area contributed by atoms with Crippen molar-refractivity contribution in [2.45, 2.75) is 54.1 Å². The predicted octanol–water partition coefficient (Wildman–Crippen LogP) is 5.09. The maximum absolute atomic E-state index is 3.54. The highest BCUT2D eigenvalue weighted by atomic mass is 14.9. The lowest BCUT2D eigenvalue weighted by Gasteiger charge is -2.19. The van der Waals surface area contributed by atoms with Crippen LogP contribution in [0.2, 0.25) is 0 Å². The molecular formula is C20H27N. The van der Waals surface area contributed by atoms with Crippen molar-refractivity contribution in [2.24, 2.45) is 0 Å². The lowest BCUT2D eigenvalue weighted by Crippen LogP contribution is -2.22. The van der Waals surface area contributed by atoms with E-state index in [0.29, 0.717) is 6.04 Å². The van der Waals surface area contributed by atoms with Gasteiger partial charge in [-0.3, -0.25) is 0 Å². The molecule has 1 N–H and O–H groups in total. The zero-order valence-corrected chi connectivity index (χ0v) is 14.2. The number of rotatable bonds is 4. The minimum atomic E-state index is 0.500. The molecule has 21 heavy (non-hydrogen) atoms. The van der Waals surface area contributed by atoms with Crippen molar-refractivity contribution in [3.63, 3.8) is 0 Å². The van der Waals surface area contributed by atoms with Crippen LogP contribution in [0.25, 0.3) is 11.1 Å². The van der Waals surface area contributed by atoms with Gasteiger partial charge in [0.05, 0.1) is 0 Å².